The average Bonchev–Trinajstić information content (AvgIpc) is 3.55. The summed E-state index contributed by atoms with van der Waals surface area (Å²) in [6.45, 7) is 4.68. The molecule has 0 atom stereocenters. The molecule has 0 fully saturated rings. The second-order valence-electron chi connectivity index (χ2n) is 16.5. The number of benzene rings is 9. The van der Waals surface area contributed by atoms with Crippen LogP contribution in [0.4, 0.5) is 34.3 Å². The molecule has 1 heterocycles. The fourth-order valence-electron chi connectivity index (χ4n) is 9.32. The molecule has 11 rings (SSSR count). The smallest absolute Gasteiger partial charge is 0.137 e. The first-order valence-electron chi connectivity index (χ1n) is 21.0. The van der Waals surface area contributed by atoms with Gasteiger partial charge in [0.1, 0.15) is 5.82 Å². The number of hydrogen-bond donors (Lipinski definition) is 0. The Kier molecular flexibility index (Phi) is 8.82. The van der Waals surface area contributed by atoms with Crippen molar-refractivity contribution in [2.24, 2.45) is 0 Å². The molecule has 0 saturated carbocycles. The van der Waals surface area contributed by atoms with E-state index in [4.69, 9.17) is 4.98 Å². The van der Waals surface area contributed by atoms with Crippen LogP contribution in [0.1, 0.15) is 25.0 Å². The summed E-state index contributed by atoms with van der Waals surface area (Å²) >= 11 is 0. The minimum Gasteiger partial charge on any atom is -0.310 e. The summed E-state index contributed by atoms with van der Waals surface area (Å²) in [6, 6.07) is 78.8. The lowest BCUT2D eigenvalue weighted by molar-refractivity contribution is 0.660. The number of nitrogens with zero attached hydrogens (tertiary/aromatic N) is 3. The molecule has 0 unspecified atom stereocenters. The minimum absolute atomic E-state index is 0.120. The zero-order valence-electron chi connectivity index (χ0n) is 34.2. The molecular weight excluding hydrogens is 739 g/mol. The van der Waals surface area contributed by atoms with E-state index >= 15 is 0 Å². The maximum Gasteiger partial charge on any atom is 0.137 e. The van der Waals surface area contributed by atoms with Crippen LogP contribution in [0, 0.1) is 0 Å². The van der Waals surface area contributed by atoms with E-state index in [0.29, 0.717) is 0 Å². The van der Waals surface area contributed by atoms with Gasteiger partial charge in [0.25, 0.3) is 0 Å². The number of hydrogen-bond acceptors (Lipinski definition) is 3. The Morgan fingerprint density at radius 1 is 0.361 bits per heavy atom. The molecule has 1 aromatic heterocycles. The number of rotatable bonds is 8. The number of aromatic nitrogens is 1. The van der Waals surface area contributed by atoms with Gasteiger partial charge < -0.3 is 4.90 Å². The van der Waals surface area contributed by atoms with Crippen LogP contribution in [-0.2, 0) is 5.41 Å². The molecular formula is C58H43N3. The van der Waals surface area contributed by atoms with Crippen LogP contribution in [0.2, 0.25) is 0 Å². The highest BCUT2D eigenvalue weighted by Gasteiger charge is 2.36. The van der Waals surface area contributed by atoms with Gasteiger partial charge in [0.2, 0.25) is 0 Å². The minimum atomic E-state index is -0.120. The van der Waals surface area contributed by atoms with E-state index in [0.717, 1.165) is 45.4 Å². The Hall–Kier alpha value is -7.75. The fourth-order valence-corrected chi connectivity index (χ4v) is 9.32. The monoisotopic (exact) mass is 781 g/mol. The zero-order valence-corrected chi connectivity index (χ0v) is 34.2. The van der Waals surface area contributed by atoms with Gasteiger partial charge in [-0.1, -0.05) is 166 Å². The Bertz CT molecular complexity index is 3200. The predicted octanol–water partition coefficient (Wildman–Crippen LogP) is 16.0. The molecule has 3 heteroatoms. The molecule has 0 spiro atoms. The summed E-state index contributed by atoms with van der Waals surface area (Å²) in [5.74, 6) is 0.867. The fraction of sp³-hybridized carbons (Fsp3) is 0.0517. The summed E-state index contributed by atoms with van der Waals surface area (Å²) in [7, 11) is 0. The third-order valence-corrected chi connectivity index (χ3v) is 12.5. The Morgan fingerprint density at radius 2 is 0.918 bits per heavy atom. The van der Waals surface area contributed by atoms with Crippen molar-refractivity contribution in [1.82, 2.24) is 4.98 Å². The lowest BCUT2D eigenvalue weighted by Gasteiger charge is -2.28. The molecule has 0 radical (unpaired) electrons. The Morgan fingerprint density at radius 3 is 1.67 bits per heavy atom. The normalized spacial score (nSPS) is 12.6. The molecule has 0 saturated heterocycles. The van der Waals surface area contributed by atoms with E-state index in [9.17, 15) is 0 Å². The van der Waals surface area contributed by atoms with E-state index in [2.05, 4.69) is 242 Å². The van der Waals surface area contributed by atoms with Crippen molar-refractivity contribution >= 4 is 55.8 Å². The lowest BCUT2D eigenvalue weighted by atomic mass is 9.82. The SMILES string of the molecule is CC1(C)c2ccccc2-c2ccc(N(c3ccc(-c4ccc(N(c5ccc(-c6ccccc6)cc5)c5ccc6ccccc6c5)cc4)cn3)c3cccc4ccccc34)cc21. The van der Waals surface area contributed by atoms with Crippen molar-refractivity contribution in [2.75, 3.05) is 9.80 Å². The summed E-state index contributed by atoms with van der Waals surface area (Å²) in [5, 5.41) is 4.81. The molecule has 0 bridgehead atoms. The molecule has 0 amide bonds. The van der Waals surface area contributed by atoms with Crippen LogP contribution in [0.3, 0.4) is 0 Å². The van der Waals surface area contributed by atoms with Gasteiger partial charge >= 0.3 is 0 Å². The predicted molar refractivity (Wildman–Crippen MR) is 257 cm³/mol. The van der Waals surface area contributed by atoms with Crippen molar-refractivity contribution in [1.29, 1.82) is 0 Å². The maximum absolute atomic E-state index is 5.21. The summed E-state index contributed by atoms with van der Waals surface area (Å²) in [6.07, 6.45) is 2.01. The quantitative estimate of drug-likeness (QED) is 0.153. The van der Waals surface area contributed by atoms with E-state index in [1.54, 1.807) is 0 Å². The van der Waals surface area contributed by atoms with Crippen LogP contribution < -0.4 is 9.80 Å². The van der Waals surface area contributed by atoms with Crippen molar-refractivity contribution in [3.8, 4) is 33.4 Å². The first-order valence-corrected chi connectivity index (χ1v) is 21.0. The topological polar surface area (TPSA) is 19.4 Å². The molecule has 0 aliphatic heterocycles. The van der Waals surface area contributed by atoms with Gasteiger partial charge in [0.05, 0.1) is 5.69 Å². The molecule has 290 valence electrons. The molecule has 1 aliphatic rings. The first-order chi connectivity index (χ1) is 30.0. The van der Waals surface area contributed by atoms with E-state index in [1.807, 2.05) is 6.20 Å². The molecule has 1 aliphatic carbocycles. The maximum atomic E-state index is 5.21. The Balaban J connectivity index is 0.959. The largest absolute Gasteiger partial charge is 0.310 e. The Labute approximate surface area is 357 Å². The van der Waals surface area contributed by atoms with Gasteiger partial charge in [-0.15, -0.1) is 0 Å². The van der Waals surface area contributed by atoms with E-state index < -0.39 is 0 Å². The molecule has 3 nitrogen and oxygen atoms in total. The molecule has 61 heavy (non-hydrogen) atoms. The van der Waals surface area contributed by atoms with Crippen molar-refractivity contribution < 1.29 is 0 Å². The van der Waals surface area contributed by atoms with E-state index in [-0.39, 0.29) is 5.41 Å². The highest BCUT2D eigenvalue weighted by molar-refractivity contribution is 5.99. The average molecular weight is 782 g/mol. The van der Waals surface area contributed by atoms with Gasteiger partial charge in [-0.3, -0.25) is 4.90 Å². The molecule has 10 aromatic rings. The van der Waals surface area contributed by atoms with Gasteiger partial charge in [0, 0.05) is 45.3 Å². The van der Waals surface area contributed by atoms with Gasteiger partial charge in [-0.25, -0.2) is 4.98 Å². The first kappa shape index (κ1) is 36.3. The van der Waals surface area contributed by atoms with Gasteiger partial charge in [-0.2, -0.15) is 0 Å². The van der Waals surface area contributed by atoms with E-state index in [1.165, 1.54) is 54.9 Å². The number of fused-ring (bicyclic) bond motifs is 5. The summed E-state index contributed by atoms with van der Waals surface area (Å²) < 4.78 is 0. The lowest BCUT2D eigenvalue weighted by Crippen LogP contribution is -2.17. The number of anilines is 6. The highest BCUT2D eigenvalue weighted by atomic mass is 15.2. The van der Waals surface area contributed by atoms with Gasteiger partial charge in [-0.05, 0) is 122 Å². The van der Waals surface area contributed by atoms with Crippen molar-refractivity contribution in [3.05, 3.63) is 236 Å². The number of pyridine rings is 1. The highest BCUT2D eigenvalue weighted by Crippen LogP contribution is 2.51. The van der Waals surface area contributed by atoms with Crippen LogP contribution in [0.25, 0.3) is 54.9 Å². The van der Waals surface area contributed by atoms with Crippen LogP contribution >= 0.6 is 0 Å². The molecule has 0 N–H and O–H groups in total. The van der Waals surface area contributed by atoms with Crippen LogP contribution in [0.15, 0.2) is 225 Å². The van der Waals surface area contributed by atoms with Crippen LogP contribution in [-0.4, -0.2) is 4.98 Å². The zero-order chi connectivity index (χ0) is 40.9. The third-order valence-electron chi connectivity index (χ3n) is 12.5. The summed E-state index contributed by atoms with van der Waals surface area (Å²) in [5.41, 5.74) is 15.2. The van der Waals surface area contributed by atoms with Crippen LogP contribution in [0.5, 0.6) is 0 Å². The second-order valence-corrected chi connectivity index (χ2v) is 16.5. The third kappa shape index (κ3) is 6.43. The van der Waals surface area contributed by atoms with Crippen molar-refractivity contribution in [3.63, 3.8) is 0 Å². The van der Waals surface area contributed by atoms with Crippen molar-refractivity contribution in [2.45, 2.75) is 19.3 Å². The van der Waals surface area contributed by atoms with Gasteiger partial charge in [0.15, 0.2) is 0 Å². The second kappa shape index (κ2) is 14.8. The standard InChI is InChI=1S/C58H43N3/c1-58(2)54-21-11-10-20-52(54)53-35-34-50(38-55(53)58)61(56-22-12-18-44-16-8-9-19-51(44)56)57-36-28-46(39-59-57)43-25-31-48(32-26-43)60(49-33-27-41-15-6-7-17-45(41)37-49)47-29-23-42(24-30-47)40-13-4-3-5-14-40/h3-39H,1-2H3. The summed E-state index contributed by atoms with van der Waals surface area (Å²) in [4.78, 5) is 9.87. The molecule has 9 aromatic carbocycles.